The summed E-state index contributed by atoms with van der Waals surface area (Å²) in [5.41, 5.74) is 0. The molecule has 2 aliphatic rings. The molecule has 0 aromatic heterocycles. The van der Waals surface area contributed by atoms with E-state index in [0.29, 0.717) is 11.8 Å². The van der Waals surface area contributed by atoms with E-state index >= 15 is 0 Å². The lowest BCUT2D eigenvalue weighted by Crippen LogP contribution is -2.29. The zero-order valence-electron chi connectivity index (χ0n) is 7.44. The van der Waals surface area contributed by atoms with Gasteiger partial charge in [0.2, 0.25) is 6.19 Å². The third-order valence-electron chi connectivity index (χ3n) is 3.01. The molecule has 1 unspecified atom stereocenters. The van der Waals surface area contributed by atoms with Crippen molar-refractivity contribution in [2.45, 2.75) is 6.92 Å². The molecule has 1 aliphatic carbocycles. The van der Waals surface area contributed by atoms with Crippen LogP contribution >= 0.6 is 0 Å². The summed E-state index contributed by atoms with van der Waals surface area (Å²) in [6.45, 7) is 3.65. The largest absolute Gasteiger partial charge is 0.359 e. The minimum atomic E-state index is 0.270. The van der Waals surface area contributed by atoms with Gasteiger partial charge in [-0.15, -0.1) is 0 Å². The molecule has 1 aliphatic heterocycles. The monoisotopic (exact) mass is 174 g/mol. The predicted molar refractivity (Wildman–Crippen MR) is 46.4 cm³/mol. The van der Waals surface area contributed by atoms with E-state index in [4.69, 9.17) is 10.5 Å². The van der Waals surface area contributed by atoms with Gasteiger partial charge in [-0.05, 0) is 18.8 Å². The Labute approximate surface area is 77.1 Å². The van der Waals surface area contributed by atoms with Crippen molar-refractivity contribution in [2.24, 2.45) is 22.7 Å². The van der Waals surface area contributed by atoms with Crippen molar-refractivity contribution in [1.82, 2.24) is 4.90 Å². The molecule has 4 nitrogen and oxygen atoms in total. The first-order valence-corrected chi connectivity index (χ1v) is 4.36. The molecule has 3 atom stereocenters. The first kappa shape index (κ1) is 8.07. The van der Waals surface area contributed by atoms with Crippen LogP contribution in [-0.4, -0.2) is 23.8 Å². The van der Waals surface area contributed by atoms with E-state index in [0.717, 1.165) is 18.9 Å². The van der Waals surface area contributed by atoms with Crippen LogP contribution < -0.4 is 0 Å². The summed E-state index contributed by atoms with van der Waals surface area (Å²) in [5, 5.41) is 17.0. The third-order valence-corrected chi connectivity index (χ3v) is 3.01. The molecule has 1 saturated heterocycles. The van der Waals surface area contributed by atoms with Crippen LogP contribution in [0.15, 0.2) is 4.99 Å². The average molecular weight is 174 g/mol. The average Bonchev–Trinajstić information content (AvgIpc) is 2.58. The summed E-state index contributed by atoms with van der Waals surface area (Å²) in [4.78, 5) is 5.77. The fraction of sp³-hybridized carbons (Fsp3) is 0.667. The van der Waals surface area contributed by atoms with Crippen molar-refractivity contribution < 1.29 is 0 Å². The Morgan fingerprint density at radius 2 is 2.00 bits per heavy atom. The maximum Gasteiger partial charge on any atom is 0.207 e. The standard InChI is InChI=1S/C9H10N4/c1-6(12-5-11)13-3-8-7(2-10)9(8)4-13/h7-9H,3-4H2,1H3/t7?,8-,9+. The van der Waals surface area contributed by atoms with Crippen LogP contribution in [0.4, 0.5) is 0 Å². The van der Waals surface area contributed by atoms with Crippen LogP contribution in [0.5, 0.6) is 0 Å². The number of amidine groups is 1. The predicted octanol–water partition coefficient (Wildman–Crippen LogP) is 0.587. The van der Waals surface area contributed by atoms with Crippen molar-refractivity contribution >= 4 is 5.84 Å². The normalized spacial score (nSPS) is 36.4. The quantitative estimate of drug-likeness (QED) is 0.306. The summed E-state index contributed by atoms with van der Waals surface area (Å²) in [6.07, 6.45) is 1.78. The van der Waals surface area contributed by atoms with Crippen molar-refractivity contribution in [3.8, 4) is 12.3 Å². The molecule has 0 amide bonds. The number of likely N-dealkylation sites (tertiary alicyclic amines) is 1. The SMILES string of the molecule is CC(=NC#N)N1C[C@@H]2C(C#N)[C@@H]2C1. The highest BCUT2D eigenvalue weighted by Gasteiger charge is 2.56. The molecule has 0 aromatic carbocycles. The molecule has 2 rings (SSSR count). The van der Waals surface area contributed by atoms with Crippen LogP contribution in [-0.2, 0) is 0 Å². The van der Waals surface area contributed by atoms with Crippen LogP contribution in [0.25, 0.3) is 0 Å². The number of hydrogen-bond acceptors (Lipinski definition) is 3. The molecule has 1 heterocycles. The lowest BCUT2D eigenvalue weighted by Gasteiger charge is -2.18. The third kappa shape index (κ3) is 1.15. The molecule has 0 radical (unpaired) electrons. The second-order valence-electron chi connectivity index (χ2n) is 3.65. The molecular formula is C9H10N4. The minimum Gasteiger partial charge on any atom is -0.359 e. The Morgan fingerprint density at radius 3 is 2.46 bits per heavy atom. The van der Waals surface area contributed by atoms with Crippen molar-refractivity contribution in [2.75, 3.05) is 13.1 Å². The van der Waals surface area contributed by atoms with Crippen LogP contribution in [0.2, 0.25) is 0 Å². The number of piperidine rings is 1. The molecule has 1 saturated carbocycles. The Hall–Kier alpha value is -1.55. The van der Waals surface area contributed by atoms with Gasteiger partial charge < -0.3 is 4.90 Å². The van der Waals surface area contributed by atoms with Gasteiger partial charge in [-0.2, -0.15) is 15.5 Å². The molecule has 13 heavy (non-hydrogen) atoms. The highest BCUT2D eigenvalue weighted by atomic mass is 15.2. The van der Waals surface area contributed by atoms with Gasteiger partial charge in [0, 0.05) is 13.1 Å². The highest BCUT2D eigenvalue weighted by Crippen LogP contribution is 2.51. The number of aliphatic imine (C=N–C) groups is 1. The van der Waals surface area contributed by atoms with Crippen molar-refractivity contribution in [3.05, 3.63) is 0 Å². The molecule has 4 heteroatoms. The Bertz CT molecular complexity index is 321. The topological polar surface area (TPSA) is 63.2 Å². The summed E-state index contributed by atoms with van der Waals surface area (Å²) in [5.74, 6) is 2.13. The van der Waals surface area contributed by atoms with Crippen molar-refractivity contribution in [1.29, 1.82) is 10.5 Å². The zero-order chi connectivity index (χ0) is 9.42. The number of fused-ring (bicyclic) bond motifs is 1. The minimum absolute atomic E-state index is 0.270. The van der Waals surface area contributed by atoms with Crippen LogP contribution in [0.3, 0.4) is 0 Å². The smallest absolute Gasteiger partial charge is 0.207 e. The van der Waals surface area contributed by atoms with Gasteiger partial charge >= 0.3 is 0 Å². The Morgan fingerprint density at radius 1 is 1.38 bits per heavy atom. The summed E-state index contributed by atoms with van der Waals surface area (Å²) in [6, 6.07) is 2.30. The number of rotatable bonds is 0. The first-order valence-electron chi connectivity index (χ1n) is 4.36. The molecule has 0 spiro atoms. The van der Waals surface area contributed by atoms with Gasteiger partial charge in [-0.25, -0.2) is 0 Å². The van der Waals surface area contributed by atoms with Gasteiger partial charge in [0.1, 0.15) is 5.84 Å². The maximum absolute atomic E-state index is 8.69. The number of nitriles is 2. The Kier molecular flexibility index (Phi) is 1.70. The van der Waals surface area contributed by atoms with E-state index in [1.165, 1.54) is 0 Å². The van der Waals surface area contributed by atoms with E-state index in [-0.39, 0.29) is 5.92 Å². The lowest BCUT2D eigenvalue weighted by molar-refractivity contribution is 0.440. The van der Waals surface area contributed by atoms with Crippen LogP contribution in [0.1, 0.15) is 6.92 Å². The molecule has 0 N–H and O–H groups in total. The number of nitrogens with zero attached hydrogens (tertiary/aromatic N) is 4. The van der Waals surface area contributed by atoms with Gasteiger partial charge in [0.05, 0.1) is 12.0 Å². The fourth-order valence-electron chi connectivity index (χ4n) is 2.13. The van der Waals surface area contributed by atoms with Gasteiger partial charge in [-0.1, -0.05) is 0 Å². The van der Waals surface area contributed by atoms with Crippen molar-refractivity contribution in [3.63, 3.8) is 0 Å². The van der Waals surface area contributed by atoms with E-state index < -0.39 is 0 Å². The van der Waals surface area contributed by atoms with Crippen LogP contribution in [0, 0.1) is 40.5 Å². The molecular weight excluding hydrogens is 164 g/mol. The first-order chi connectivity index (χ1) is 6.27. The molecule has 0 aromatic rings. The molecule has 0 bridgehead atoms. The second kappa shape index (κ2) is 2.74. The number of hydrogen-bond donors (Lipinski definition) is 0. The maximum atomic E-state index is 8.69. The van der Waals surface area contributed by atoms with Gasteiger partial charge in [0.15, 0.2) is 0 Å². The van der Waals surface area contributed by atoms with E-state index in [1.54, 1.807) is 6.19 Å². The van der Waals surface area contributed by atoms with E-state index in [9.17, 15) is 0 Å². The summed E-state index contributed by atoms with van der Waals surface area (Å²) < 4.78 is 0. The molecule has 2 fully saturated rings. The summed E-state index contributed by atoms with van der Waals surface area (Å²) in [7, 11) is 0. The Balaban J connectivity index is 1.95. The van der Waals surface area contributed by atoms with Gasteiger partial charge in [0.25, 0.3) is 0 Å². The fourth-order valence-corrected chi connectivity index (χ4v) is 2.13. The summed E-state index contributed by atoms with van der Waals surface area (Å²) >= 11 is 0. The lowest BCUT2D eigenvalue weighted by atomic mass is 10.3. The second-order valence-corrected chi connectivity index (χ2v) is 3.65. The van der Waals surface area contributed by atoms with E-state index in [2.05, 4.69) is 16.0 Å². The van der Waals surface area contributed by atoms with Gasteiger partial charge in [-0.3, -0.25) is 0 Å². The highest BCUT2D eigenvalue weighted by molar-refractivity contribution is 5.81. The van der Waals surface area contributed by atoms with E-state index in [1.807, 2.05) is 6.92 Å². The molecule has 66 valence electrons. The zero-order valence-corrected chi connectivity index (χ0v) is 7.44.